The van der Waals surface area contributed by atoms with Crippen molar-refractivity contribution in [2.75, 3.05) is 12.3 Å². The number of nitrogens with two attached hydrogens (primary N) is 1. The van der Waals surface area contributed by atoms with Gasteiger partial charge in [0.1, 0.15) is 11.3 Å². The van der Waals surface area contributed by atoms with Crippen molar-refractivity contribution in [2.24, 2.45) is 0 Å². The molecule has 0 saturated carbocycles. The first-order valence-corrected chi connectivity index (χ1v) is 5.06. The van der Waals surface area contributed by atoms with Gasteiger partial charge in [0.05, 0.1) is 11.2 Å². The molecule has 0 aliphatic carbocycles. The van der Waals surface area contributed by atoms with E-state index in [4.69, 9.17) is 10.8 Å². The molecule has 1 aromatic heterocycles. The first-order valence-electron chi connectivity index (χ1n) is 5.06. The smallest absolute Gasteiger partial charge is 0.112 e. The third-order valence-electron chi connectivity index (χ3n) is 2.54. The van der Waals surface area contributed by atoms with E-state index in [1.165, 1.54) is 0 Å². The van der Waals surface area contributed by atoms with Gasteiger partial charge >= 0.3 is 0 Å². The summed E-state index contributed by atoms with van der Waals surface area (Å²) in [6.07, 6.45) is 0.737. The Bertz CT molecular complexity index is 476. The van der Waals surface area contributed by atoms with Crippen LogP contribution in [0.25, 0.3) is 11.0 Å². The average molecular weight is 205 g/mol. The van der Waals surface area contributed by atoms with Crippen LogP contribution in [0, 0.1) is 6.92 Å². The molecule has 2 rings (SSSR count). The molecule has 0 radical (unpaired) electrons. The van der Waals surface area contributed by atoms with E-state index in [0.29, 0.717) is 5.69 Å². The average Bonchev–Trinajstić information content (AvgIpc) is 2.54. The Morgan fingerprint density at radius 2 is 2.27 bits per heavy atom. The summed E-state index contributed by atoms with van der Waals surface area (Å²) in [6, 6.07) is 5.78. The molecule has 1 aromatic carbocycles. The highest BCUT2D eigenvalue weighted by atomic mass is 16.3. The first kappa shape index (κ1) is 9.98. The van der Waals surface area contributed by atoms with Crippen LogP contribution in [0.15, 0.2) is 18.2 Å². The number of rotatable bonds is 3. The quantitative estimate of drug-likeness (QED) is 0.742. The van der Waals surface area contributed by atoms with Crippen LogP contribution in [0.1, 0.15) is 12.2 Å². The van der Waals surface area contributed by atoms with Gasteiger partial charge in [-0.25, -0.2) is 4.98 Å². The van der Waals surface area contributed by atoms with Gasteiger partial charge in [-0.15, -0.1) is 0 Å². The van der Waals surface area contributed by atoms with Crippen LogP contribution in [0.2, 0.25) is 0 Å². The van der Waals surface area contributed by atoms with Crippen LogP contribution in [-0.4, -0.2) is 21.3 Å². The zero-order chi connectivity index (χ0) is 10.8. The van der Waals surface area contributed by atoms with Gasteiger partial charge < -0.3 is 15.4 Å². The Balaban J connectivity index is 2.53. The minimum atomic E-state index is 0.196. The molecular weight excluding hydrogens is 190 g/mol. The lowest BCUT2D eigenvalue weighted by molar-refractivity contribution is 0.280. The van der Waals surface area contributed by atoms with Crippen molar-refractivity contribution in [2.45, 2.75) is 19.9 Å². The molecule has 0 saturated heterocycles. The van der Waals surface area contributed by atoms with E-state index in [2.05, 4.69) is 9.55 Å². The summed E-state index contributed by atoms with van der Waals surface area (Å²) >= 11 is 0. The highest BCUT2D eigenvalue weighted by Gasteiger charge is 2.08. The topological polar surface area (TPSA) is 64.1 Å². The number of fused-ring (bicyclic) bond motifs is 1. The second kappa shape index (κ2) is 3.90. The summed E-state index contributed by atoms with van der Waals surface area (Å²) in [5.41, 5.74) is 8.45. The van der Waals surface area contributed by atoms with Gasteiger partial charge in [-0.2, -0.15) is 0 Å². The standard InChI is InChI=1S/C11H15N3O/c1-8-13-11-9(12)4-2-5-10(11)14(8)6-3-7-15/h2,4-5,15H,3,6-7,12H2,1H3. The van der Waals surface area contributed by atoms with Gasteiger partial charge in [0.15, 0.2) is 0 Å². The summed E-state index contributed by atoms with van der Waals surface area (Å²) < 4.78 is 2.09. The van der Waals surface area contributed by atoms with Crippen LogP contribution in [0.3, 0.4) is 0 Å². The van der Waals surface area contributed by atoms with Crippen LogP contribution >= 0.6 is 0 Å². The lowest BCUT2D eigenvalue weighted by atomic mass is 10.2. The number of nitrogens with zero attached hydrogens (tertiary/aromatic N) is 2. The number of anilines is 1. The summed E-state index contributed by atoms with van der Waals surface area (Å²) in [7, 11) is 0. The van der Waals surface area contributed by atoms with Crippen molar-refractivity contribution in [1.82, 2.24) is 9.55 Å². The molecule has 0 atom stereocenters. The minimum absolute atomic E-state index is 0.196. The molecule has 0 aliphatic rings. The van der Waals surface area contributed by atoms with Crippen molar-refractivity contribution in [3.05, 3.63) is 24.0 Å². The number of aromatic nitrogens is 2. The van der Waals surface area contributed by atoms with Crippen LogP contribution in [-0.2, 0) is 6.54 Å². The number of benzene rings is 1. The Hall–Kier alpha value is -1.55. The Morgan fingerprint density at radius 3 is 3.00 bits per heavy atom. The molecule has 15 heavy (non-hydrogen) atoms. The summed E-state index contributed by atoms with van der Waals surface area (Å²) in [6.45, 7) is 2.93. The number of hydrogen-bond acceptors (Lipinski definition) is 3. The van der Waals surface area contributed by atoms with E-state index in [1.54, 1.807) is 0 Å². The predicted octanol–water partition coefficient (Wildman–Crippen LogP) is 1.31. The van der Waals surface area contributed by atoms with Crippen molar-refractivity contribution in [3.8, 4) is 0 Å². The van der Waals surface area contributed by atoms with E-state index < -0.39 is 0 Å². The highest BCUT2D eigenvalue weighted by molar-refractivity contribution is 5.87. The van der Waals surface area contributed by atoms with Gasteiger partial charge in [0.25, 0.3) is 0 Å². The van der Waals surface area contributed by atoms with E-state index in [9.17, 15) is 0 Å². The molecule has 2 aromatic rings. The minimum Gasteiger partial charge on any atom is -0.397 e. The fourth-order valence-electron chi connectivity index (χ4n) is 1.80. The summed E-state index contributed by atoms with van der Waals surface area (Å²) in [5.74, 6) is 0.941. The Labute approximate surface area is 88.3 Å². The molecule has 0 aliphatic heterocycles. The van der Waals surface area contributed by atoms with Gasteiger partial charge in [-0.1, -0.05) is 6.07 Å². The Kier molecular flexibility index (Phi) is 2.60. The molecule has 0 amide bonds. The second-order valence-electron chi connectivity index (χ2n) is 3.60. The van der Waals surface area contributed by atoms with Crippen molar-refractivity contribution < 1.29 is 5.11 Å². The SMILES string of the molecule is Cc1nc2c(N)cccc2n1CCCO. The normalized spacial score (nSPS) is 11.1. The predicted molar refractivity (Wildman–Crippen MR) is 60.6 cm³/mol. The second-order valence-corrected chi connectivity index (χ2v) is 3.60. The zero-order valence-electron chi connectivity index (χ0n) is 8.77. The lowest BCUT2D eigenvalue weighted by Crippen LogP contribution is -2.02. The maximum absolute atomic E-state index is 8.82. The van der Waals surface area contributed by atoms with Crippen molar-refractivity contribution >= 4 is 16.7 Å². The summed E-state index contributed by atoms with van der Waals surface area (Å²) in [4.78, 5) is 4.42. The number of nitrogen functional groups attached to an aromatic ring is 1. The number of para-hydroxylation sites is 1. The van der Waals surface area contributed by atoms with E-state index in [-0.39, 0.29) is 6.61 Å². The lowest BCUT2D eigenvalue weighted by Gasteiger charge is -2.04. The molecule has 0 unspecified atom stereocenters. The van der Waals surface area contributed by atoms with Gasteiger partial charge in [0.2, 0.25) is 0 Å². The van der Waals surface area contributed by atoms with Crippen LogP contribution in [0.5, 0.6) is 0 Å². The molecule has 0 fully saturated rings. The molecule has 0 bridgehead atoms. The number of hydrogen-bond donors (Lipinski definition) is 2. The number of aryl methyl sites for hydroxylation is 2. The van der Waals surface area contributed by atoms with Crippen molar-refractivity contribution in [1.29, 1.82) is 0 Å². The Morgan fingerprint density at radius 1 is 1.47 bits per heavy atom. The third-order valence-corrected chi connectivity index (χ3v) is 2.54. The van der Waals surface area contributed by atoms with E-state index in [1.807, 2.05) is 25.1 Å². The maximum Gasteiger partial charge on any atom is 0.112 e. The van der Waals surface area contributed by atoms with E-state index in [0.717, 1.165) is 29.8 Å². The summed E-state index contributed by atoms with van der Waals surface area (Å²) in [5, 5.41) is 8.82. The third kappa shape index (κ3) is 1.68. The number of aliphatic hydroxyl groups excluding tert-OH is 1. The molecule has 4 heteroatoms. The highest BCUT2D eigenvalue weighted by Crippen LogP contribution is 2.21. The zero-order valence-corrected chi connectivity index (χ0v) is 8.77. The fraction of sp³-hybridized carbons (Fsp3) is 0.364. The number of imidazole rings is 1. The monoisotopic (exact) mass is 205 g/mol. The molecule has 1 heterocycles. The molecule has 0 spiro atoms. The maximum atomic E-state index is 8.82. The van der Waals surface area contributed by atoms with Crippen LogP contribution in [0.4, 0.5) is 5.69 Å². The fourth-order valence-corrected chi connectivity index (χ4v) is 1.80. The van der Waals surface area contributed by atoms with Gasteiger partial charge in [-0.3, -0.25) is 0 Å². The van der Waals surface area contributed by atoms with Crippen LogP contribution < -0.4 is 5.73 Å². The number of aliphatic hydroxyl groups is 1. The molecule has 3 N–H and O–H groups in total. The molecule has 4 nitrogen and oxygen atoms in total. The van der Waals surface area contributed by atoms with E-state index >= 15 is 0 Å². The largest absolute Gasteiger partial charge is 0.397 e. The molecular formula is C11H15N3O. The molecule has 80 valence electrons. The van der Waals surface area contributed by atoms with Gasteiger partial charge in [0, 0.05) is 13.2 Å². The van der Waals surface area contributed by atoms with Crippen molar-refractivity contribution in [3.63, 3.8) is 0 Å². The van der Waals surface area contributed by atoms with Gasteiger partial charge in [-0.05, 0) is 25.5 Å². The first-order chi connectivity index (χ1) is 7.24.